The maximum atomic E-state index is 12.8. The molecule has 5 nitrogen and oxygen atoms in total. The van der Waals surface area contributed by atoms with Crippen molar-refractivity contribution in [1.29, 1.82) is 0 Å². The number of nitrogens with zero attached hydrogens (tertiary/aromatic N) is 2. The van der Waals surface area contributed by atoms with Gasteiger partial charge in [0.1, 0.15) is 11.8 Å². The zero-order chi connectivity index (χ0) is 15.4. The van der Waals surface area contributed by atoms with Crippen molar-refractivity contribution in [2.75, 3.05) is 29.9 Å². The molecule has 0 radical (unpaired) electrons. The molecule has 1 fully saturated rings. The van der Waals surface area contributed by atoms with Gasteiger partial charge >= 0.3 is 0 Å². The molecule has 1 atom stereocenters. The van der Waals surface area contributed by atoms with Crippen molar-refractivity contribution in [2.45, 2.75) is 13.0 Å². The van der Waals surface area contributed by atoms with E-state index in [0.717, 1.165) is 30.2 Å². The molecule has 0 saturated carbocycles. The van der Waals surface area contributed by atoms with Gasteiger partial charge in [-0.25, -0.2) is 0 Å². The van der Waals surface area contributed by atoms with Crippen molar-refractivity contribution in [3.05, 3.63) is 47.7 Å². The quantitative estimate of drug-likeness (QED) is 0.939. The van der Waals surface area contributed by atoms with Gasteiger partial charge in [0, 0.05) is 30.7 Å². The van der Waals surface area contributed by atoms with Gasteiger partial charge < -0.3 is 9.84 Å². The SMILES string of the molecule is Cc1cc(NC(=O)C(c2ccccc2)N2CCSCC2)no1. The summed E-state index contributed by atoms with van der Waals surface area (Å²) in [6, 6.07) is 11.3. The summed E-state index contributed by atoms with van der Waals surface area (Å²) in [6.07, 6.45) is 0. The van der Waals surface area contributed by atoms with E-state index in [1.54, 1.807) is 13.0 Å². The van der Waals surface area contributed by atoms with Gasteiger partial charge in [0.25, 0.3) is 0 Å². The fourth-order valence-electron chi connectivity index (χ4n) is 2.62. The lowest BCUT2D eigenvalue weighted by atomic mass is 10.0. The lowest BCUT2D eigenvalue weighted by Crippen LogP contribution is -2.42. The molecule has 0 aliphatic carbocycles. The van der Waals surface area contributed by atoms with E-state index >= 15 is 0 Å². The van der Waals surface area contributed by atoms with Crippen LogP contribution in [-0.2, 0) is 4.79 Å². The average molecular weight is 317 g/mol. The van der Waals surface area contributed by atoms with Crippen LogP contribution in [0.25, 0.3) is 0 Å². The van der Waals surface area contributed by atoms with Crippen LogP contribution in [0.1, 0.15) is 17.4 Å². The van der Waals surface area contributed by atoms with Crippen LogP contribution in [-0.4, -0.2) is 40.6 Å². The van der Waals surface area contributed by atoms with Gasteiger partial charge in [-0.15, -0.1) is 0 Å². The Kier molecular flexibility index (Phi) is 4.80. The molecule has 2 aromatic rings. The highest BCUT2D eigenvalue weighted by Gasteiger charge is 2.29. The van der Waals surface area contributed by atoms with Crippen LogP contribution in [0.4, 0.5) is 5.82 Å². The average Bonchev–Trinajstić information content (AvgIpc) is 2.95. The maximum Gasteiger partial charge on any atom is 0.247 e. The first kappa shape index (κ1) is 15.1. The summed E-state index contributed by atoms with van der Waals surface area (Å²) in [4.78, 5) is 15.0. The first-order valence-electron chi connectivity index (χ1n) is 7.35. The Hall–Kier alpha value is -1.79. The van der Waals surface area contributed by atoms with Gasteiger partial charge in [-0.2, -0.15) is 11.8 Å². The fourth-order valence-corrected chi connectivity index (χ4v) is 3.55. The largest absolute Gasteiger partial charge is 0.360 e. The number of hydrogen-bond donors (Lipinski definition) is 1. The first-order valence-corrected chi connectivity index (χ1v) is 8.50. The summed E-state index contributed by atoms with van der Waals surface area (Å²) in [5.41, 5.74) is 1.01. The van der Waals surface area contributed by atoms with E-state index in [-0.39, 0.29) is 11.9 Å². The number of benzene rings is 1. The zero-order valence-corrected chi connectivity index (χ0v) is 13.3. The highest BCUT2D eigenvalue weighted by atomic mass is 32.2. The number of carbonyl (C=O) groups excluding carboxylic acids is 1. The van der Waals surface area contributed by atoms with E-state index in [0.29, 0.717) is 11.6 Å². The van der Waals surface area contributed by atoms with Crippen molar-refractivity contribution in [3.63, 3.8) is 0 Å². The lowest BCUT2D eigenvalue weighted by molar-refractivity contribution is -0.121. The van der Waals surface area contributed by atoms with Crippen LogP contribution in [0, 0.1) is 6.92 Å². The summed E-state index contributed by atoms with van der Waals surface area (Å²) in [6.45, 7) is 3.63. The van der Waals surface area contributed by atoms with Crippen LogP contribution in [0.2, 0.25) is 0 Å². The highest BCUT2D eigenvalue weighted by molar-refractivity contribution is 7.99. The standard InChI is InChI=1S/C16H19N3O2S/c1-12-11-14(18-21-12)17-16(20)15(13-5-3-2-4-6-13)19-7-9-22-10-8-19/h2-6,11,15H,7-10H2,1H3,(H,17,18,20). The van der Waals surface area contributed by atoms with E-state index in [4.69, 9.17) is 4.52 Å². The minimum Gasteiger partial charge on any atom is -0.360 e. The third-order valence-electron chi connectivity index (χ3n) is 3.65. The van der Waals surface area contributed by atoms with E-state index in [9.17, 15) is 4.79 Å². The number of aryl methyl sites for hydroxylation is 1. The van der Waals surface area contributed by atoms with Crippen molar-refractivity contribution < 1.29 is 9.32 Å². The Labute approximate surface area is 134 Å². The van der Waals surface area contributed by atoms with Crippen molar-refractivity contribution >= 4 is 23.5 Å². The van der Waals surface area contributed by atoms with Gasteiger partial charge in [-0.05, 0) is 12.5 Å². The molecule has 22 heavy (non-hydrogen) atoms. The van der Waals surface area contributed by atoms with Gasteiger partial charge in [-0.3, -0.25) is 9.69 Å². The van der Waals surface area contributed by atoms with Crippen LogP contribution in [0.3, 0.4) is 0 Å². The Morgan fingerprint density at radius 1 is 1.32 bits per heavy atom. The summed E-state index contributed by atoms with van der Waals surface area (Å²) >= 11 is 1.93. The molecule has 1 unspecified atom stereocenters. The predicted octanol–water partition coefficient (Wildman–Crippen LogP) is 2.71. The van der Waals surface area contributed by atoms with Crippen LogP contribution in [0.5, 0.6) is 0 Å². The van der Waals surface area contributed by atoms with Crippen LogP contribution in [0.15, 0.2) is 40.9 Å². The Morgan fingerprint density at radius 3 is 2.68 bits per heavy atom. The summed E-state index contributed by atoms with van der Waals surface area (Å²) < 4.78 is 5.01. The number of hydrogen-bond acceptors (Lipinski definition) is 5. The minimum absolute atomic E-state index is 0.0635. The number of anilines is 1. The molecule has 1 aromatic heterocycles. The van der Waals surface area contributed by atoms with Gasteiger partial charge in [0.2, 0.25) is 5.91 Å². The predicted molar refractivity (Wildman–Crippen MR) is 88.0 cm³/mol. The number of nitrogens with one attached hydrogen (secondary N) is 1. The van der Waals surface area contributed by atoms with Crippen LogP contribution >= 0.6 is 11.8 Å². The molecule has 0 bridgehead atoms. The normalized spacial score (nSPS) is 17.1. The zero-order valence-electron chi connectivity index (χ0n) is 12.5. The fraction of sp³-hybridized carbons (Fsp3) is 0.375. The molecule has 1 saturated heterocycles. The number of carbonyl (C=O) groups is 1. The molecule has 0 spiro atoms. The van der Waals surface area contributed by atoms with E-state index in [1.165, 1.54) is 0 Å². The van der Waals surface area contributed by atoms with Gasteiger partial charge in [0.05, 0.1) is 0 Å². The van der Waals surface area contributed by atoms with Crippen molar-refractivity contribution in [1.82, 2.24) is 10.1 Å². The summed E-state index contributed by atoms with van der Waals surface area (Å²) in [5.74, 6) is 3.20. The highest BCUT2D eigenvalue weighted by Crippen LogP contribution is 2.25. The molecule has 116 valence electrons. The molecule has 1 aliphatic heterocycles. The summed E-state index contributed by atoms with van der Waals surface area (Å²) in [7, 11) is 0. The van der Waals surface area contributed by atoms with E-state index in [2.05, 4.69) is 15.4 Å². The molecular weight excluding hydrogens is 298 g/mol. The minimum atomic E-state index is -0.292. The van der Waals surface area contributed by atoms with E-state index in [1.807, 2.05) is 42.1 Å². The second-order valence-electron chi connectivity index (χ2n) is 5.27. The van der Waals surface area contributed by atoms with Crippen LogP contribution < -0.4 is 5.32 Å². The van der Waals surface area contributed by atoms with Crippen molar-refractivity contribution in [3.8, 4) is 0 Å². The number of rotatable bonds is 4. The van der Waals surface area contributed by atoms with E-state index < -0.39 is 0 Å². The molecule has 1 N–H and O–H groups in total. The Balaban J connectivity index is 1.82. The molecule has 1 amide bonds. The summed E-state index contributed by atoms with van der Waals surface area (Å²) in [5, 5.41) is 6.71. The molecule has 6 heteroatoms. The third-order valence-corrected chi connectivity index (χ3v) is 4.60. The first-order chi connectivity index (χ1) is 10.7. The third kappa shape index (κ3) is 3.51. The van der Waals surface area contributed by atoms with Crippen molar-refractivity contribution in [2.24, 2.45) is 0 Å². The Morgan fingerprint density at radius 2 is 2.05 bits per heavy atom. The molecule has 1 aliphatic rings. The maximum absolute atomic E-state index is 12.8. The lowest BCUT2D eigenvalue weighted by Gasteiger charge is -2.33. The smallest absolute Gasteiger partial charge is 0.247 e. The number of thioether (sulfide) groups is 1. The monoisotopic (exact) mass is 317 g/mol. The molecule has 2 heterocycles. The molecule has 3 rings (SSSR count). The number of amides is 1. The molecule has 1 aromatic carbocycles. The second-order valence-corrected chi connectivity index (χ2v) is 6.50. The van der Waals surface area contributed by atoms with Gasteiger partial charge in [0.15, 0.2) is 5.82 Å². The Bertz CT molecular complexity index is 623. The molecular formula is C16H19N3O2S. The topological polar surface area (TPSA) is 58.4 Å². The number of aromatic nitrogens is 1. The second kappa shape index (κ2) is 6.98. The van der Waals surface area contributed by atoms with Gasteiger partial charge in [-0.1, -0.05) is 35.5 Å².